The lowest BCUT2D eigenvalue weighted by Gasteiger charge is -2.18. The van der Waals surface area contributed by atoms with Crippen molar-refractivity contribution in [3.8, 4) is 5.75 Å². The van der Waals surface area contributed by atoms with Gasteiger partial charge in [0.2, 0.25) is 10.0 Å². The average Bonchev–Trinajstić information content (AvgIpc) is 2.46. The second-order valence-corrected chi connectivity index (χ2v) is 6.37. The molecule has 1 rings (SSSR count). The van der Waals surface area contributed by atoms with E-state index in [0.717, 1.165) is 20.2 Å². The molecule has 23 heavy (non-hydrogen) atoms. The Morgan fingerprint density at radius 1 is 1.35 bits per heavy atom. The molecule has 0 aliphatic rings. The summed E-state index contributed by atoms with van der Waals surface area (Å²) < 4.78 is 48.6. The van der Waals surface area contributed by atoms with Gasteiger partial charge in [0.25, 0.3) is 0 Å². The van der Waals surface area contributed by atoms with Crippen molar-refractivity contribution < 1.29 is 37.0 Å². The van der Waals surface area contributed by atoms with Crippen LogP contribution in [0, 0.1) is 5.82 Å². The van der Waals surface area contributed by atoms with Crippen molar-refractivity contribution >= 4 is 22.0 Å². The van der Waals surface area contributed by atoms with Crippen molar-refractivity contribution in [3.63, 3.8) is 0 Å². The molecule has 8 nitrogen and oxygen atoms in total. The second kappa shape index (κ2) is 7.38. The lowest BCUT2D eigenvalue weighted by Crippen LogP contribution is -2.33. The number of benzene rings is 1. The minimum absolute atomic E-state index is 0.0248. The smallest absolute Gasteiger partial charge is 0.339 e. The van der Waals surface area contributed by atoms with E-state index in [2.05, 4.69) is 0 Å². The van der Waals surface area contributed by atoms with Crippen LogP contribution < -0.4 is 4.74 Å². The highest BCUT2D eigenvalue weighted by atomic mass is 32.2. The largest absolute Gasteiger partial charge is 0.494 e. The highest BCUT2D eigenvalue weighted by molar-refractivity contribution is 7.89. The van der Waals surface area contributed by atoms with E-state index in [4.69, 9.17) is 14.6 Å². The van der Waals surface area contributed by atoms with Crippen molar-refractivity contribution in [2.75, 3.05) is 27.3 Å². The molecule has 0 spiro atoms. The molecule has 10 heteroatoms. The highest BCUT2D eigenvalue weighted by Gasteiger charge is 2.30. The number of nitrogens with zero attached hydrogens (tertiary/aromatic N) is 1. The first-order chi connectivity index (χ1) is 10.6. The third-order valence-electron chi connectivity index (χ3n) is 2.80. The van der Waals surface area contributed by atoms with Gasteiger partial charge in [0.05, 0.1) is 24.2 Å². The average molecular weight is 349 g/mol. The maximum absolute atomic E-state index is 13.9. The molecule has 0 atom stereocenters. The first-order valence-electron chi connectivity index (χ1n) is 6.37. The molecule has 0 amide bonds. The van der Waals surface area contributed by atoms with Crippen LogP contribution in [0.15, 0.2) is 17.0 Å². The molecular formula is C13H16FNO7S. The molecule has 0 saturated carbocycles. The number of ether oxygens (including phenoxy) is 2. The number of carboxylic acids is 1. The number of carbonyl (C=O) groups is 2. The Morgan fingerprint density at radius 2 is 1.96 bits per heavy atom. The van der Waals surface area contributed by atoms with E-state index in [1.165, 1.54) is 6.92 Å². The number of hydrogen-bond acceptors (Lipinski definition) is 6. The van der Waals surface area contributed by atoms with Crippen LogP contribution in [0.5, 0.6) is 5.75 Å². The van der Waals surface area contributed by atoms with Gasteiger partial charge in [-0.15, -0.1) is 0 Å². The van der Waals surface area contributed by atoms with Crippen LogP contribution in [0.25, 0.3) is 0 Å². The fourth-order valence-electron chi connectivity index (χ4n) is 1.72. The SMILES string of the molecule is CCOC(=O)c1cc(OC)c(F)cc1S(=O)(=O)N(C)CC(=O)O. The Kier molecular flexibility index (Phi) is 6.05. The summed E-state index contributed by atoms with van der Waals surface area (Å²) in [4.78, 5) is 21.9. The molecule has 0 aromatic heterocycles. The van der Waals surface area contributed by atoms with Crippen molar-refractivity contribution in [1.82, 2.24) is 4.31 Å². The van der Waals surface area contributed by atoms with E-state index in [0.29, 0.717) is 10.4 Å². The zero-order valence-corrected chi connectivity index (χ0v) is 13.5. The molecule has 0 radical (unpaired) electrons. The number of aliphatic carboxylic acids is 1. The van der Waals surface area contributed by atoms with Gasteiger partial charge in [-0.2, -0.15) is 4.31 Å². The fraction of sp³-hybridized carbons (Fsp3) is 0.385. The molecule has 0 saturated heterocycles. The van der Waals surface area contributed by atoms with Crippen LogP contribution in [0.1, 0.15) is 17.3 Å². The number of likely N-dealkylation sites (N-methyl/N-ethyl adjacent to an activating group) is 1. The lowest BCUT2D eigenvalue weighted by atomic mass is 10.2. The first-order valence-corrected chi connectivity index (χ1v) is 7.81. The van der Waals surface area contributed by atoms with Gasteiger partial charge in [0.1, 0.15) is 6.54 Å². The monoisotopic (exact) mass is 349 g/mol. The first kappa shape index (κ1) is 18.8. The zero-order chi connectivity index (χ0) is 17.8. The van der Waals surface area contributed by atoms with Crippen LogP contribution in [0.3, 0.4) is 0 Å². The standard InChI is InChI=1S/C13H16FNO7S/c1-4-22-13(18)8-5-10(21-3)9(14)6-11(8)23(19,20)15(2)7-12(16)17/h5-6H,4,7H2,1-3H3,(H,16,17). The van der Waals surface area contributed by atoms with E-state index in [9.17, 15) is 22.4 Å². The Labute approximate surface area is 132 Å². The molecule has 1 aromatic carbocycles. The van der Waals surface area contributed by atoms with E-state index < -0.39 is 44.8 Å². The highest BCUT2D eigenvalue weighted by Crippen LogP contribution is 2.28. The third-order valence-corrected chi connectivity index (χ3v) is 4.64. The summed E-state index contributed by atoms with van der Waals surface area (Å²) in [6.07, 6.45) is 0. The summed E-state index contributed by atoms with van der Waals surface area (Å²) in [5.74, 6) is -3.74. The predicted molar refractivity (Wildman–Crippen MR) is 76.4 cm³/mol. The maximum Gasteiger partial charge on any atom is 0.339 e. The van der Waals surface area contributed by atoms with Gasteiger partial charge in [-0.1, -0.05) is 0 Å². The van der Waals surface area contributed by atoms with Crippen LogP contribution >= 0.6 is 0 Å². The van der Waals surface area contributed by atoms with E-state index in [1.807, 2.05) is 0 Å². The molecule has 128 valence electrons. The van der Waals surface area contributed by atoms with E-state index in [1.54, 1.807) is 0 Å². The van der Waals surface area contributed by atoms with Crippen LogP contribution in [0.4, 0.5) is 4.39 Å². The number of methoxy groups -OCH3 is 1. The molecule has 1 N–H and O–H groups in total. The molecule has 0 heterocycles. The normalized spacial score (nSPS) is 11.3. The van der Waals surface area contributed by atoms with E-state index in [-0.39, 0.29) is 12.4 Å². The molecular weight excluding hydrogens is 333 g/mol. The molecule has 0 unspecified atom stereocenters. The Bertz CT molecular complexity index is 717. The van der Waals surface area contributed by atoms with Gasteiger partial charge in [-0.05, 0) is 19.1 Å². The number of hydrogen-bond donors (Lipinski definition) is 1. The van der Waals surface area contributed by atoms with Crippen molar-refractivity contribution in [2.45, 2.75) is 11.8 Å². The summed E-state index contributed by atoms with van der Waals surface area (Å²) in [5.41, 5.74) is -0.442. The third kappa shape index (κ3) is 4.17. The maximum atomic E-state index is 13.9. The van der Waals surface area contributed by atoms with Crippen molar-refractivity contribution in [3.05, 3.63) is 23.5 Å². The number of carboxylic acid groups (broad SMARTS) is 1. The number of carbonyl (C=O) groups excluding carboxylic acids is 1. The van der Waals surface area contributed by atoms with Crippen molar-refractivity contribution in [2.24, 2.45) is 0 Å². The van der Waals surface area contributed by atoms with Gasteiger partial charge in [0, 0.05) is 7.05 Å². The number of rotatable bonds is 7. The molecule has 0 aliphatic heterocycles. The number of esters is 1. The predicted octanol–water partition coefficient (Wildman–Crippen LogP) is 0.716. The topological polar surface area (TPSA) is 110 Å². The lowest BCUT2D eigenvalue weighted by molar-refractivity contribution is -0.137. The number of halogens is 1. The van der Waals surface area contributed by atoms with Gasteiger partial charge in [-0.3, -0.25) is 4.79 Å². The fourth-order valence-corrected chi connectivity index (χ4v) is 3.01. The van der Waals surface area contributed by atoms with Gasteiger partial charge >= 0.3 is 11.9 Å². The van der Waals surface area contributed by atoms with Crippen LogP contribution in [-0.2, 0) is 19.6 Å². The van der Waals surface area contributed by atoms with Crippen LogP contribution in [-0.4, -0.2) is 57.1 Å². The summed E-state index contributed by atoms with van der Waals surface area (Å²) in [6.45, 7) is 0.643. The molecule has 1 aromatic rings. The summed E-state index contributed by atoms with van der Waals surface area (Å²) >= 11 is 0. The minimum Gasteiger partial charge on any atom is -0.494 e. The molecule has 0 aliphatic carbocycles. The van der Waals surface area contributed by atoms with Gasteiger partial charge in [0.15, 0.2) is 11.6 Å². The molecule has 0 bridgehead atoms. The number of sulfonamides is 1. The summed E-state index contributed by atoms with van der Waals surface area (Å²) in [6, 6.07) is 1.49. The van der Waals surface area contributed by atoms with Gasteiger partial charge < -0.3 is 14.6 Å². The molecule has 0 fully saturated rings. The minimum atomic E-state index is -4.42. The second-order valence-electron chi connectivity index (χ2n) is 4.36. The summed E-state index contributed by atoms with van der Waals surface area (Å²) in [7, 11) is -2.27. The summed E-state index contributed by atoms with van der Waals surface area (Å²) in [5, 5.41) is 8.70. The Hall–Kier alpha value is -2.20. The Morgan fingerprint density at radius 3 is 2.43 bits per heavy atom. The Balaban J connectivity index is 3.52. The van der Waals surface area contributed by atoms with Crippen molar-refractivity contribution in [1.29, 1.82) is 0 Å². The van der Waals surface area contributed by atoms with E-state index >= 15 is 0 Å². The quantitative estimate of drug-likeness (QED) is 0.722. The zero-order valence-electron chi connectivity index (χ0n) is 12.7. The van der Waals surface area contributed by atoms with Gasteiger partial charge in [-0.25, -0.2) is 17.6 Å². The van der Waals surface area contributed by atoms with Crippen LogP contribution in [0.2, 0.25) is 0 Å².